The number of aliphatic hydroxyl groups is 1. The van der Waals surface area contributed by atoms with Gasteiger partial charge in [-0.05, 0) is 19.1 Å². The number of piperidine rings is 1. The summed E-state index contributed by atoms with van der Waals surface area (Å²) in [5, 5.41) is 23.7. The van der Waals surface area contributed by atoms with Crippen LogP contribution in [0.2, 0.25) is 0 Å². The first-order valence-corrected chi connectivity index (χ1v) is 9.40. The SMILES string of the molecule is C[C@]12C[C@]1(OC(=O)c1cccc(F)c1F)CN1C(N)=NC(CO)C3NC(N)=[N+](O)C312. The predicted molar refractivity (Wildman–Crippen MR) is 97.3 cm³/mol. The number of halogens is 2. The largest absolute Gasteiger partial charge is 0.453 e. The average molecular weight is 423 g/mol. The highest BCUT2D eigenvalue weighted by molar-refractivity contribution is 5.91. The van der Waals surface area contributed by atoms with Crippen LogP contribution in [0, 0.1) is 17.0 Å². The molecule has 1 aliphatic carbocycles. The third-order valence-electron chi connectivity index (χ3n) is 7.05. The van der Waals surface area contributed by atoms with Crippen LogP contribution in [0.5, 0.6) is 0 Å². The van der Waals surface area contributed by atoms with Crippen LogP contribution in [0.3, 0.4) is 0 Å². The minimum atomic E-state index is -1.29. The molecular weight excluding hydrogens is 402 g/mol. The zero-order valence-electron chi connectivity index (χ0n) is 16.0. The molecule has 160 valence electrons. The maximum atomic E-state index is 14.1. The van der Waals surface area contributed by atoms with Gasteiger partial charge >= 0.3 is 11.9 Å². The van der Waals surface area contributed by atoms with Crippen molar-refractivity contribution in [3.63, 3.8) is 0 Å². The molecule has 0 bridgehead atoms. The fraction of sp³-hybridized carbons (Fsp3) is 0.500. The Morgan fingerprint density at radius 2 is 2.20 bits per heavy atom. The summed E-state index contributed by atoms with van der Waals surface area (Å²) in [6, 6.07) is 1.90. The number of fused-ring (bicyclic) bond motifs is 1. The van der Waals surface area contributed by atoms with Gasteiger partial charge in [-0.1, -0.05) is 10.8 Å². The number of rotatable bonds is 3. The van der Waals surface area contributed by atoms with Crippen LogP contribution in [-0.4, -0.2) is 74.3 Å². The lowest BCUT2D eigenvalue weighted by Gasteiger charge is -2.45. The molecule has 3 aliphatic heterocycles. The number of nitrogens with zero attached hydrogens (tertiary/aromatic N) is 3. The number of hydroxylamine groups is 1. The molecule has 5 rings (SSSR count). The van der Waals surface area contributed by atoms with Gasteiger partial charge in [-0.15, -0.1) is 0 Å². The summed E-state index contributed by atoms with van der Waals surface area (Å²) in [4.78, 5) is 18.6. The number of benzene rings is 1. The Kier molecular flexibility index (Phi) is 3.46. The lowest BCUT2D eigenvalue weighted by atomic mass is 9.80. The van der Waals surface area contributed by atoms with E-state index >= 15 is 0 Å². The number of aliphatic hydroxyl groups excluding tert-OH is 1. The van der Waals surface area contributed by atoms with E-state index in [1.54, 1.807) is 11.8 Å². The lowest BCUT2D eigenvalue weighted by Crippen LogP contribution is -2.72. The molecule has 0 radical (unpaired) electrons. The molecule has 5 atom stereocenters. The van der Waals surface area contributed by atoms with E-state index in [2.05, 4.69) is 10.3 Å². The van der Waals surface area contributed by atoms with Crippen molar-refractivity contribution >= 4 is 17.9 Å². The molecular formula is C18H21F2N6O4+. The van der Waals surface area contributed by atoms with Crippen LogP contribution in [-0.2, 0) is 4.74 Å². The zero-order chi connectivity index (χ0) is 21.6. The molecule has 1 aromatic rings. The molecule has 0 amide bonds. The van der Waals surface area contributed by atoms with Crippen LogP contribution >= 0.6 is 0 Å². The Labute approximate surface area is 169 Å². The third-order valence-corrected chi connectivity index (χ3v) is 7.05. The van der Waals surface area contributed by atoms with Gasteiger partial charge in [-0.25, -0.2) is 18.6 Å². The molecule has 2 fully saturated rings. The van der Waals surface area contributed by atoms with Crippen molar-refractivity contribution in [2.45, 2.75) is 36.7 Å². The number of nitrogens with one attached hydrogen (secondary N) is 1. The smallest absolute Gasteiger partial charge is 0.383 e. The highest BCUT2D eigenvalue weighted by Crippen LogP contribution is 2.73. The van der Waals surface area contributed by atoms with Crippen molar-refractivity contribution in [1.29, 1.82) is 0 Å². The second kappa shape index (κ2) is 5.50. The Hall–Kier alpha value is -3.15. The van der Waals surface area contributed by atoms with E-state index < -0.39 is 51.9 Å². The lowest BCUT2D eigenvalue weighted by molar-refractivity contribution is -0.842. The van der Waals surface area contributed by atoms with Crippen molar-refractivity contribution in [1.82, 2.24) is 10.2 Å². The fourth-order valence-electron chi connectivity index (χ4n) is 5.55. The molecule has 3 unspecified atom stereocenters. The number of carbonyl (C=O) groups excluding carboxylic acids is 1. The Bertz CT molecular complexity index is 1050. The average Bonchev–Trinajstić information content (AvgIpc) is 3.08. The molecule has 12 heteroatoms. The first-order valence-electron chi connectivity index (χ1n) is 9.40. The number of hydrogen-bond donors (Lipinski definition) is 5. The predicted octanol–water partition coefficient (Wildman–Crippen LogP) is -1.34. The summed E-state index contributed by atoms with van der Waals surface area (Å²) in [7, 11) is 0. The minimum Gasteiger partial charge on any atom is -0.453 e. The number of nitrogens with two attached hydrogens (primary N) is 2. The second-order valence-electron chi connectivity index (χ2n) is 8.36. The first kappa shape index (κ1) is 18.9. The molecule has 3 heterocycles. The molecule has 1 saturated heterocycles. The normalized spacial score (nSPS) is 38.4. The van der Waals surface area contributed by atoms with E-state index in [1.807, 2.05) is 0 Å². The van der Waals surface area contributed by atoms with Crippen molar-refractivity contribution < 1.29 is 33.4 Å². The van der Waals surface area contributed by atoms with Crippen LogP contribution in [0.1, 0.15) is 23.7 Å². The number of aliphatic imine (C=N–C) groups is 1. The van der Waals surface area contributed by atoms with Crippen LogP contribution in [0.15, 0.2) is 23.2 Å². The monoisotopic (exact) mass is 423 g/mol. The van der Waals surface area contributed by atoms with Crippen molar-refractivity contribution in [3.8, 4) is 0 Å². The second-order valence-corrected chi connectivity index (χ2v) is 8.36. The first-order chi connectivity index (χ1) is 14.1. The molecule has 0 aromatic heterocycles. The van der Waals surface area contributed by atoms with Crippen molar-refractivity contribution in [2.24, 2.45) is 21.9 Å². The van der Waals surface area contributed by atoms with E-state index in [4.69, 9.17) is 16.2 Å². The summed E-state index contributed by atoms with van der Waals surface area (Å²) < 4.78 is 34.2. The molecule has 4 aliphatic rings. The van der Waals surface area contributed by atoms with Crippen LogP contribution in [0.25, 0.3) is 0 Å². The van der Waals surface area contributed by atoms with Crippen molar-refractivity contribution in [3.05, 3.63) is 35.4 Å². The summed E-state index contributed by atoms with van der Waals surface area (Å²) >= 11 is 0. The van der Waals surface area contributed by atoms with Crippen molar-refractivity contribution in [2.75, 3.05) is 13.2 Å². The van der Waals surface area contributed by atoms with Gasteiger partial charge in [0.1, 0.15) is 11.6 Å². The quantitative estimate of drug-likeness (QED) is 0.228. The highest BCUT2D eigenvalue weighted by atomic mass is 19.2. The topological polar surface area (TPSA) is 149 Å². The van der Waals surface area contributed by atoms with E-state index in [0.717, 1.165) is 16.9 Å². The number of esters is 1. The zero-order valence-corrected chi connectivity index (χ0v) is 16.0. The summed E-state index contributed by atoms with van der Waals surface area (Å²) in [6.07, 6.45) is 0.313. The number of guanidine groups is 2. The van der Waals surface area contributed by atoms with Gasteiger partial charge in [-0.2, -0.15) is 0 Å². The van der Waals surface area contributed by atoms with Gasteiger partial charge in [0, 0.05) is 6.42 Å². The van der Waals surface area contributed by atoms with Crippen LogP contribution in [0.4, 0.5) is 8.78 Å². The van der Waals surface area contributed by atoms with E-state index in [1.165, 1.54) is 6.07 Å². The number of hydrogen-bond acceptors (Lipinski definition) is 9. The Morgan fingerprint density at radius 1 is 1.47 bits per heavy atom. The molecule has 30 heavy (non-hydrogen) atoms. The minimum absolute atomic E-state index is 0.0432. The summed E-state index contributed by atoms with van der Waals surface area (Å²) in [5.41, 5.74) is 8.21. The number of ether oxygens (including phenoxy) is 1. The molecule has 7 N–H and O–H groups in total. The maximum absolute atomic E-state index is 14.1. The van der Waals surface area contributed by atoms with Gasteiger partial charge in [0.2, 0.25) is 5.66 Å². The highest BCUT2D eigenvalue weighted by Gasteiger charge is 2.91. The maximum Gasteiger partial charge on any atom is 0.383 e. The third kappa shape index (κ3) is 1.87. The fourth-order valence-corrected chi connectivity index (χ4v) is 5.55. The van der Waals surface area contributed by atoms with Gasteiger partial charge in [-0.3, -0.25) is 16.0 Å². The Morgan fingerprint density at radius 3 is 2.90 bits per heavy atom. The van der Waals surface area contributed by atoms with E-state index in [9.17, 15) is 23.9 Å². The van der Waals surface area contributed by atoms with E-state index in [-0.39, 0.29) is 25.1 Å². The standard InChI is InChI=1S/C18H20F2N6O4/c1-16-6-17(16,30-13(28)8-3-2-4-9(19)11(8)20)7-25-14(21)23-10(5-27)12-18(16,25)26(29)15(22)24-12/h2-4,10,12,27,29H,5-7H2,1H3,(H4,21,22,23,24)/p+1/t10?,12?,16-,17-,18?/m0/s1. The van der Waals surface area contributed by atoms with Gasteiger partial charge in [0.25, 0.3) is 0 Å². The van der Waals surface area contributed by atoms with E-state index in [0.29, 0.717) is 6.42 Å². The van der Waals surface area contributed by atoms with Gasteiger partial charge < -0.3 is 20.8 Å². The molecule has 1 aromatic carbocycles. The number of carbonyl (C=O) groups is 1. The molecule has 1 saturated carbocycles. The molecule has 10 nitrogen and oxygen atoms in total. The Balaban J connectivity index is 1.57. The molecule has 1 spiro atoms. The van der Waals surface area contributed by atoms with Crippen LogP contribution < -0.4 is 16.8 Å². The summed E-state index contributed by atoms with van der Waals surface area (Å²) in [5.74, 6) is -3.49. The van der Waals surface area contributed by atoms with Gasteiger partial charge in [0.15, 0.2) is 23.6 Å². The summed E-state index contributed by atoms with van der Waals surface area (Å²) in [6.45, 7) is 1.49. The van der Waals surface area contributed by atoms with Gasteiger partial charge in [0.05, 0.1) is 24.1 Å².